The van der Waals surface area contributed by atoms with Gasteiger partial charge in [-0.1, -0.05) is 17.8 Å². The number of carbonyl (C=O) groups excluding carboxylic acids is 1. The van der Waals surface area contributed by atoms with Gasteiger partial charge in [-0.2, -0.15) is 0 Å². The van der Waals surface area contributed by atoms with Crippen molar-refractivity contribution in [3.05, 3.63) is 24.0 Å². The van der Waals surface area contributed by atoms with E-state index in [-0.39, 0.29) is 16.1 Å². The smallest absolute Gasteiger partial charge is 0.225 e. The fraction of sp³-hybridized carbons (Fsp3) is 0.400. The maximum Gasteiger partial charge on any atom is 0.225 e. The molecule has 0 aromatic carbocycles. The molecular formula is C10H13NO2S. The molecule has 1 aliphatic rings. The fourth-order valence-corrected chi connectivity index (χ4v) is 2.12. The average Bonchev–Trinajstić information content (AvgIpc) is 2.38. The monoisotopic (exact) mass is 211 g/mol. The number of carbonyl (C=O) groups is 1. The van der Waals surface area contributed by atoms with E-state index in [4.69, 9.17) is 0 Å². The molecule has 0 radical (unpaired) electrons. The van der Waals surface area contributed by atoms with E-state index >= 15 is 0 Å². The molecule has 14 heavy (non-hydrogen) atoms. The summed E-state index contributed by atoms with van der Waals surface area (Å²) in [4.78, 5) is 15.5. The first-order chi connectivity index (χ1) is 6.57. The van der Waals surface area contributed by atoms with Gasteiger partial charge in [-0.15, -0.1) is 6.58 Å². The van der Waals surface area contributed by atoms with E-state index in [0.29, 0.717) is 17.8 Å². The third-order valence-corrected chi connectivity index (χ3v) is 2.94. The predicted octanol–water partition coefficient (Wildman–Crippen LogP) is 2.11. The number of nitrogens with zero attached hydrogens (tertiary/aromatic N) is 1. The Kier molecular flexibility index (Phi) is 3.52. The van der Waals surface area contributed by atoms with Crippen LogP contribution in [0.4, 0.5) is 0 Å². The molecule has 1 atom stereocenters. The normalized spacial score (nSPS) is 23.1. The molecule has 0 saturated carbocycles. The van der Waals surface area contributed by atoms with Crippen LogP contribution in [0.2, 0.25) is 0 Å². The van der Waals surface area contributed by atoms with Crippen molar-refractivity contribution in [2.45, 2.75) is 19.1 Å². The summed E-state index contributed by atoms with van der Waals surface area (Å²) >= 11 is 1.13. The van der Waals surface area contributed by atoms with Gasteiger partial charge in [0.25, 0.3) is 0 Å². The van der Waals surface area contributed by atoms with Crippen LogP contribution >= 0.6 is 11.8 Å². The van der Waals surface area contributed by atoms with Crippen LogP contribution in [0.15, 0.2) is 29.0 Å². The second kappa shape index (κ2) is 4.46. The predicted molar refractivity (Wildman–Crippen MR) is 59.9 cm³/mol. The molecule has 0 aliphatic carbocycles. The van der Waals surface area contributed by atoms with Crippen LogP contribution in [0.1, 0.15) is 13.8 Å². The SMILES string of the molecule is C=CCN=C(C)C1=C(O)C(C)SC1=O. The van der Waals surface area contributed by atoms with Gasteiger partial charge < -0.3 is 5.11 Å². The first kappa shape index (κ1) is 11.0. The van der Waals surface area contributed by atoms with E-state index in [1.807, 2.05) is 0 Å². The molecular weight excluding hydrogens is 198 g/mol. The Labute approximate surface area is 87.6 Å². The minimum absolute atomic E-state index is 0.0969. The summed E-state index contributed by atoms with van der Waals surface area (Å²) in [6, 6.07) is 0. The van der Waals surface area contributed by atoms with E-state index in [2.05, 4.69) is 11.6 Å². The van der Waals surface area contributed by atoms with Gasteiger partial charge >= 0.3 is 0 Å². The van der Waals surface area contributed by atoms with E-state index in [0.717, 1.165) is 11.8 Å². The van der Waals surface area contributed by atoms with Gasteiger partial charge in [-0.25, -0.2) is 0 Å². The van der Waals surface area contributed by atoms with Crippen molar-refractivity contribution in [2.24, 2.45) is 4.99 Å². The van der Waals surface area contributed by atoms with Gasteiger partial charge in [-0.3, -0.25) is 9.79 Å². The number of aliphatic imine (C=N–C) groups is 1. The maximum atomic E-state index is 11.4. The van der Waals surface area contributed by atoms with E-state index in [1.165, 1.54) is 0 Å². The van der Waals surface area contributed by atoms with Crippen molar-refractivity contribution in [2.75, 3.05) is 6.54 Å². The Balaban J connectivity index is 2.96. The summed E-state index contributed by atoms with van der Waals surface area (Å²) in [5.74, 6) is 0.144. The van der Waals surface area contributed by atoms with Crippen LogP contribution in [0.25, 0.3) is 0 Å². The first-order valence-corrected chi connectivity index (χ1v) is 5.22. The van der Waals surface area contributed by atoms with Crippen molar-refractivity contribution in [3.63, 3.8) is 0 Å². The van der Waals surface area contributed by atoms with Crippen molar-refractivity contribution in [1.82, 2.24) is 0 Å². The topological polar surface area (TPSA) is 49.7 Å². The van der Waals surface area contributed by atoms with Gasteiger partial charge in [0.2, 0.25) is 5.12 Å². The van der Waals surface area contributed by atoms with Crippen molar-refractivity contribution in [3.8, 4) is 0 Å². The number of aliphatic hydroxyl groups excluding tert-OH is 1. The Morgan fingerprint density at radius 1 is 1.79 bits per heavy atom. The number of rotatable bonds is 3. The summed E-state index contributed by atoms with van der Waals surface area (Å²) in [6.45, 7) is 7.53. The van der Waals surface area contributed by atoms with Crippen LogP contribution in [0.5, 0.6) is 0 Å². The molecule has 76 valence electrons. The molecule has 0 spiro atoms. The summed E-state index contributed by atoms with van der Waals surface area (Å²) in [5, 5.41) is 9.39. The number of hydrogen-bond donors (Lipinski definition) is 1. The first-order valence-electron chi connectivity index (χ1n) is 4.34. The Morgan fingerprint density at radius 2 is 2.43 bits per heavy atom. The van der Waals surface area contributed by atoms with Gasteiger partial charge in [-0.05, 0) is 13.8 Å². The minimum atomic E-state index is -0.147. The highest BCUT2D eigenvalue weighted by atomic mass is 32.2. The molecule has 1 unspecified atom stereocenters. The lowest BCUT2D eigenvalue weighted by molar-refractivity contribution is -0.107. The van der Waals surface area contributed by atoms with Crippen molar-refractivity contribution >= 4 is 22.6 Å². The van der Waals surface area contributed by atoms with Crippen LogP contribution in [0.3, 0.4) is 0 Å². The highest BCUT2D eigenvalue weighted by Gasteiger charge is 2.31. The Hall–Kier alpha value is -1.03. The van der Waals surface area contributed by atoms with E-state index in [1.54, 1.807) is 19.9 Å². The van der Waals surface area contributed by atoms with Crippen LogP contribution < -0.4 is 0 Å². The molecule has 0 aromatic heterocycles. The largest absolute Gasteiger partial charge is 0.510 e. The van der Waals surface area contributed by atoms with Gasteiger partial charge in [0.1, 0.15) is 5.76 Å². The molecule has 0 aromatic rings. The highest BCUT2D eigenvalue weighted by Crippen LogP contribution is 2.32. The molecule has 0 bridgehead atoms. The summed E-state index contributed by atoms with van der Waals surface area (Å²) < 4.78 is 0. The minimum Gasteiger partial charge on any atom is -0.510 e. The van der Waals surface area contributed by atoms with Crippen molar-refractivity contribution < 1.29 is 9.90 Å². The molecule has 1 aliphatic heterocycles. The molecule has 0 amide bonds. The third kappa shape index (κ3) is 2.07. The molecule has 1 N–H and O–H groups in total. The average molecular weight is 211 g/mol. The number of aliphatic hydroxyl groups is 1. The van der Waals surface area contributed by atoms with Gasteiger partial charge in [0, 0.05) is 5.71 Å². The summed E-state index contributed by atoms with van der Waals surface area (Å²) in [6.07, 6.45) is 1.65. The van der Waals surface area contributed by atoms with E-state index in [9.17, 15) is 9.90 Å². The standard InChI is InChI=1S/C10H13NO2S/c1-4-5-11-6(2)8-9(12)7(3)14-10(8)13/h4,7,12H,1,5H2,2-3H3. The lowest BCUT2D eigenvalue weighted by Gasteiger charge is -2.00. The number of thioether (sulfide) groups is 1. The van der Waals surface area contributed by atoms with Crippen LogP contribution in [-0.4, -0.2) is 27.7 Å². The lowest BCUT2D eigenvalue weighted by atomic mass is 10.1. The van der Waals surface area contributed by atoms with E-state index < -0.39 is 0 Å². The lowest BCUT2D eigenvalue weighted by Crippen LogP contribution is -2.06. The second-order valence-electron chi connectivity index (χ2n) is 3.02. The van der Waals surface area contributed by atoms with Gasteiger partial charge in [0.05, 0.1) is 17.4 Å². The Morgan fingerprint density at radius 3 is 2.86 bits per heavy atom. The van der Waals surface area contributed by atoms with Crippen LogP contribution in [0, 0.1) is 0 Å². The van der Waals surface area contributed by atoms with Gasteiger partial charge in [0.15, 0.2) is 0 Å². The summed E-state index contributed by atoms with van der Waals surface area (Å²) in [7, 11) is 0. The zero-order valence-corrected chi connectivity index (χ0v) is 9.10. The molecule has 1 rings (SSSR count). The zero-order chi connectivity index (χ0) is 10.7. The third-order valence-electron chi connectivity index (χ3n) is 1.95. The second-order valence-corrected chi connectivity index (χ2v) is 4.34. The van der Waals surface area contributed by atoms with Crippen LogP contribution in [-0.2, 0) is 4.79 Å². The fourth-order valence-electron chi connectivity index (χ4n) is 1.20. The van der Waals surface area contributed by atoms with Crippen molar-refractivity contribution in [1.29, 1.82) is 0 Å². The zero-order valence-electron chi connectivity index (χ0n) is 8.28. The highest BCUT2D eigenvalue weighted by molar-refractivity contribution is 8.15. The molecule has 0 fully saturated rings. The molecule has 4 heteroatoms. The Bertz CT molecular complexity index is 331. The quantitative estimate of drug-likeness (QED) is 0.574. The maximum absolute atomic E-state index is 11.4. The molecule has 0 saturated heterocycles. The number of hydrogen-bond acceptors (Lipinski definition) is 4. The molecule has 3 nitrogen and oxygen atoms in total. The molecule has 1 heterocycles. The summed E-state index contributed by atoms with van der Waals surface area (Å²) in [5.41, 5.74) is 0.952.